The standard InChI is InChI=1S/C17H23ClN2O4/c1-20(8-5-15(21)22)16(23)19-12-17(6-9-24-10-7-17)13-3-2-4-14(18)11-13/h2-4,11H,5-10,12H2,1H3,(H,19,23)(H,21,22). The van der Waals surface area contributed by atoms with Crippen LogP contribution in [0.1, 0.15) is 24.8 Å². The number of urea groups is 1. The maximum absolute atomic E-state index is 12.2. The van der Waals surface area contributed by atoms with Gasteiger partial charge in [0.15, 0.2) is 0 Å². The molecule has 1 heterocycles. The minimum Gasteiger partial charge on any atom is -0.481 e. The van der Waals surface area contributed by atoms with E-state index in [9.17, 15) is 9.59 Å². The molecule has 0 unspecified atom stereocenters. The Hall–Kier alpha value is -1.79. The molecule has 0 aliphatic carbocycles. The molecule has 0 atom stereocenters. The Morgan fingerprint density at radius 3 is 2.71 bits per heavy atom. The van der Waals surface area contributed by atoms with Crippen molar-refractivity contribution in [2.75, 3.05) is 33.4 Å². The highest BCUT2D eigenvalue weighted by Crippen LogP contribution is 2.35. The molecule has 0 saturated carbocycles. The van der Waals surface area contributed by atoms with Crippen molar-refractivity contribution in [3.8, 4) is 0 Å². The largest absolute Gasteiger partial charge is 0.481 e. The van der Waals surface area contributed by atoms with Gasteiger partial charge in [0.2, 0.25) is 0 Å². The van der Waals surface area contributed by atoms with Crippen LogP contribution in [0.2, 0.25) is 5.02 Å². The van der Waals surface area contributed by atoms with Crippen LogP contribution in [0.25, 0.3) is 0 Å². The van der Waals surface area contributed by atoms with E-state index in [0.717, 1.165) is 18.4 Å². The van der Waals surface area contributed by atoms with Crippen molar-refractivity contribution in [1.82, 2.24) is 10.2 Å². The van der Waals surface area contributed by atoms with Gasteiger partial charge in [0.05, 0.1) is 6.42 Å². The first-order valence-electron chi connectivity index (χ1n) is 7.97. The lowest BCUT2D eigenvalue weighted by atomic mass is 9.74. The van der Waals surface area contributed by atoms with Crippen molar-refractivity contribution >= 4 is 23.6 Å². The number of hydrogen-bond donors (Lipinski definition) is 2. The number of carbonyl (C=O) groups is 2. The molecule has 1 fully saturated rings. The first-order chi connectivity index (χ1) is 11.4. The molecule has 1 aromatic rings. The second-order valence-electron chi connectivity index (χ2n) is 6.13. The molecule has 2 N–H and O–H groups in total. The van der Waals surface area contributed by atoms with E-state index >= 15 is 0 Å². The van der Waals surface area contributed by atoms with Crippen LogP contribution in [-0.4, -0.2) is 55.4 Å². The van der Waals surface area contributed by atoms with Gasteiger partial charge in [0.25, 0.3) is 0 Å². The number of rotatable bonds is 6. The Kier molecular flexibility index (Phi) is 6.45. The van der Waals surface area contributed by atoms with E-state index in [4.69, 9.17) is 21.4 Å². The normalized spacial score (nSPS) is 16.4. The van der Waals surface area contributed by atoms with Gasteiger partial charge < -0.3 is 20.1 Å². The van der Waals surface area contributed by atoms with Crippen LogP contribution < -0.4 is 5.32 Å². The van der Waals surface area contributed by atoms with Gasteiger partial charge in [-0.25, -0.2) is 4.79 Å². The maximum atomic E-state index is 12.2. The Bertz CT molecular complexity index is 588. The predicted octanol–water partition coefficient (Wildman–Crippen LogP) is 2.50. The highest BCUT2D eigenvalue weighted by atomic mass is 35.5. The first kappa shape index (κ1) is 18.5. The third-order valence-corrected chi connectivity index (χ3v) is 4.71. The number of ether oxygens (including phenoxy) is 1. The second kappa shape index (κ2) is 8.35. The Morgan fingerprint density at radius 1 is 1.38 bits per heavy atom. The summed E-state index contributed by atoms with van der Waals surface area (Å²) in [4.78, 5) is 24.2. The average Bonchev–Trinajstić information content (AvgIpc) is 2.58. The van der Waals surface area contributed by atoms with E-state index in [-0.39, 0.29) is 24.4 Å². The summed E-state index contributed by atoms with van der Waals surface area (Å²) in [6, 6.07) is 7.43. The molecule has 1 aliphatic rings. The molecule has 7 heteroatoms. The lowest BCUT2D eigenvalue weighted by Gasteiger charge is -2.38. The SMILES string of the molecule is CN(CCC(=O)O)C(=O)NCC1(c2cccc(Cl)c2)CCOCC1. The van der Waals surface area contributed by atoms with Crippen molar-refractivity contribution < 1.29 is 19.4 Å². The molecule has 1 saturated heterocycles. The number of carboxylic acids is 1. The summed E-state index contributed by atoms with van der Waals surface area (Å²) in [5, 5.41) is 12.3. The first-order valence-corrected chi connectivity index (χ1v) is 8.35. The van der Waals surface area contributed by atoms with Gasteiger partial charge in [-0.05, 0) is 30.5 Å². The molecule has 0 radical (unpaired) electrons. The Labute approximate surface area is 146 Å². The van der Waals surface area contributed by atoms with E-state index in [1.54, 1.807) is 7.05 Å². The average molecular weight is 355 g/mol. The van der Waals surface area contributed by atoms with Crippen LogP contribution in [0, 0.1) is 0 Å². The highest BCUT2D eigenvalue weighted by molar-refractivity contribution is 6.30. The van der Waals surface area contributed by atoms with E-state index in [2.05, 4.69) is 5.32 Å². The van der Waals surface area contributed by atoms with Crippen molar-refractivity contribution in [3.63, 3.8) is 0 Å². The number of nitrogens with zero attached hydrogens (tertiary/aromatic N) is 1. The molecule has 132 valence electrons. The van der Waals surface area contributed by atoms with Crippen LogP contribution >= 0.6 is 11.6 Å². The lowest BCUT2D eigenvalue weighted by molar-refractivity contribution is -0.137. The van der Waals surface area contributed by atoms with Gasteiger partial charge in [0, 0.05) is 43.8 Å². The fourth-order valence-electron chi connectivity index (χ4n) is 2.89. The molecule has 2 amide bonds. The minimum absolute atomic E-state index is 0.0722. The number of benzene rings is 1. The van der Waals surface area contributed by atoms with E-state index in [1.807, 2.05) is 24.3 Å². The molecule has 1 aromatic carbocycles. The van der Waals surface area contributed by atoms with E-state index in [0.29, 0.717) is 24.8 Å². The summed E-state index contributed by atoms with van der Waals surface area (Å²) >= 11 is 6.13. The van der Waals surface area contributed by atoms with E-state index in [1.165, 1.54) is 4.90 Å². The minimum atomic E-state index is -0.922. The lowest BCUT2D eigenvalue weighted by Crippen LogP contribution is -2.48. The van der Waals surface area contributed by atoms with Gasteiger partial charge >= 0.3 is 12.0 Å². The highest BCUT2D eigenvalue weighted by Gasteiger charge is 2.35. The monoisotopic (exact) mass is 354 g/mol. The molecule has 0 aromatic heterocycles. The van der Waals surface area contributed by atoms with Gasteiger partial charge in [-0.3, -0.25) is 4.79 Å². The fourth-order valence-corrected chi connectivity index (χ4v) is 3.08. The summed E-state index contributed by atoms with van der Waals surface area (Å²) in [7, 11) is 1.59. The summed E-state index contributed by atoms with van der Waals surface area (Å²) < 4.78 is 5.47. The van der Waals surface area contributed by atoms with Crippen molar-refractivity contribution in [1.29, 1.82) is 0 Å². The smallest absolute Gasteiger partial charge is 0.317 e. The zero-order chi connectivity index (χ0) is 17.6. The second-order valence-corrected chi connectivity index (χ2v) is 6.56. The van der Waals surface area contributed by atoms with Crippen molar-refractivity contribution in [2.24, 2.45) is 0 Å². The molecule has 24 heavy (non-hydrogen) atoms. The predicted molar refractivity (Wildman–Crippen MR) is 91.5 cm³/mol. The Morgan fingerprint density at radius 2 is 2.08 bits per heavy atom. The number of aliphatic carboxylic acids is 1. The number of halogens is 1. The number of nitrogens with one attached hydrogen (secondary N) is 1. The summed E-state index contributed by atoms with van der Waals surface area (Å²) in [5.41, 5.74) is 0.874. The number of carbonyl (C=O) groups excluding carboxylic acids is 1. The van der Waals surface area contributed by atoms with Crippen molar-refractivity contribution in [3.05, 3.63) is 34.9 Å². The number of hydrogen-bond acceptors (Lipinski definition) is 3. The molecule has 0 spiro atoms. The van der Waals surface area contributed by atoms with Crippen LogP contribution in [0.3, 0.4) is 0 Å². The number of carboxylic acid groups (broad SMARTS) is 1. The fraction of sp³-hybridized carbons (Fsp3) is 0.529. The zero-order valence-corrected chi connectivity index (χ0v) is 14.5. The van der Waals surface area contributed by atoms with Crippen LogP contribution in [0.15, 0.2) is 24.3 Å². The molecule has 0 bridgehead atoms. The van der Waals surface area contributed by atoms with Crippen LogP contribution in [0.4, 0.5) is 4.79 Å². The third kappa shape index (κ3) is 4.85. The topological polar surface area (TPSA) is 78.9 Å². The summed E-state index contributed by atoms with van der Waals surface area (Å²) in [5.74, 6) is -0.922. The van der Waals surface area contributed by atoms with Crippen LogP contribution in [-0.2, 0) is 14.9 Å². The summed E-state index contributed by atoms with van der Waals surface area (Å²) in [6.45, 7) is 1.91. The molecule has 1 aliphatic heterocycles. The summed E-state index contributed by atoms with van der Waals surface area (Å²) in [6.07, 6.45) is 1.52. The number of amides is 2. The van der Waals surface area contributed by atoms with Gasteiger partial charge in [-0.1, -0.05) is 23.7 Å². The van der Waals surface area contributed by atoms with E-state index < -0.39 is 5.97 Å². The molecule has 6 nitrogen and oxygen atoms in total. The maximum Gasteiger partial charge on any atom is 0.317 e. The van der Waals surface area contributed by atoms with Crippen LogP contribution in [0.5, 0.6) is 0 Å². The van der Waals surface area contributed by atoms with Gasteiger partial charge in [0.1, 0.15) is 0 Å². The quantitative estimate of drug-likeness (QED) is 0.822. The molecular formula is C17H23ClN2O4. The van der Waals surface area contributed by atoms with Crippen molar-refractivity contribution in [2.45, 2.75) is 24.7 Å². The Balaban J connectivity index is 2.04. The molecule has 2 rings (SSSR count). The molecular weight excluding hydrogens is 332 g/mol. The third-order valence-electron chi connectivity index (χ3n) is 4.47. The zero-order valence-electron chi connectivity index (χ0n) is 13.8. The van der Waals surface area contributed by atoms with Gasteiger partial charge in [-0.15, -0.1) is 0 Å². The van der Waals surface area contributed by atoms with Gasteiger partial charge in [-0.2, -0.15) is 0 Å².